The third-order valence-corrected chi connectivity index (χ3v) is 5.07. The van der Waals surface area contributed by atoms with Gasteiger partial charge in [0.25, 0.3) is 0 Å². The summed E-state index contributed by atoms with van der Waals surface area (Å²) in [6.07, 6.45) is -0.240. The number of ether oxygens (including phenoxy) is 1. The van der Waals surface area contributed by atoms with Crippen LogP contribution in [0.3, 0.4) is 0 Å². The standard InChI is InChI=1S/C23H23N3O3/c1-14(2)29-22(27)18-15(3)25-26-21(19(18)16-10-6-4-7-11-16)20(24-23(26)28)17-12-8-5-9-13-17/h4-14,18-19H,1-3H3,(H,24,28). The molecule has 6 nitrogen and oxygen atoms in total. The van der Waals surface area contributed by atoms with Gasteiger partial charge in [0, 0.05) is 5.92 Å². The highest BCUT2D eigenvalue weighted by Crippen LogP contribution is 2.40. The van der Waals surface area contributed by atoms with E-state index in [0.29, 0.717) is 17.1 Å². The van der Waals surface area contributed by atoms with Crippen LogP contribution in [0.4, 0.5) is 0 Å². The summed E-state index contributed by atoms with van der Waals surface area (Å²) in [6.45, 7) is 5.42. The Balaban J connectivity index is 1.97. The number of aromatic amines is 1. The number of fused-ring (bicyclic) bond motifs is 1. The number of aromatic nitrogens is 2. The number of carbonyl (C=O) groups excluding carboxylic acids is 1. The van der Waals surface area contributed by atoms with Crippen LogP contribution in [-0.4, -0.2) is 27.4 Å². The molecular formula is C23H23N3O3. The van der Waals surface area contributed by atoms with Crippen LogP contribution in [-0.2, 0) is 9.53 Å². The number of hydrogen-bond donors (Lipinski definition) is 1. The summed E-state index contributed by atoms with van der Waals surface area (Å²) in [5.41, 5.74) is 3.36. The fraction of sp³-hybridized carbons (Fsp3) is 0.261. The topological polar surface area (TPSA) is 76.5 Å². The molecule has 1 aliphatic rings. The van der Waals surface area contributed by atoms with Crippen molar-refractivity contribution in [2.75, 3.05) is 0 Å². The summed E-state index contributed by atoms with van der Waals surface area (Å²) < 4.78 is 6.95. The quantitative estimate of drug-likeness (QED) is 0.690. The molecule has 1 N–H and O–H groups in total. The smallest absolute Gasteiger partial charge is 0.346 e. The minimum Gasteiger partial charge on any atom is -0.462 e. The summed E-state index contributed by atoms with van der Waals surface area (Å²) in [7, 11) is 0. The Hall–Kier alpha value is -3.41. The van der Waals surface area contributed by atoms with Crippen LogP contribution in [0.1, 0.15) is 37.9 Å². The highest BCUT2D eigenvalue weighted by molar-refractivity contribution is 6.03. The predicted octanol–water partition coefficient (Wildman–Crippen LogP) is 3.78. The molecular weight excluding hydrogens is 366 g/mol. The minimum atomic E-state index is -0.613. The fourth-order valence-corrected chi connectivity index (χ4v) is 3.89. The maximum Gasteiger partial charge on any atom is 0.346 e. The lowest BCUT2D eigenvalue weighted by atomic mass is 9.79. The van der Waals surface area contributed by atoms with Crippen LogP contribution < -0.4 is 5.69 Å². The van der Waals surface area contributed by atoms with Crippen molar-refractivity contribution in [3.05, 3.63) is 82.4 Å². The van der Waals surface area contributed by atoms with Gasteiger partial charge in [0.1, 0.15) is 5.92 Å². The van der Waals surface area contributed by atoms with E-state index in [9.17, 15) is 9.59 Å². The van der Waals surface area contributed by atoms with Crippen LogP contribution in [0.25, 0.3) is 11.3 Å². The van der Waals surface area contributed by atoms with Gasteiger partial charge in [0.15, 0.2) is 0 Å². The molecule has 0 saturated carbocycles. The Kier molecular flexibility index (Phi) is 4.92. The Morgan fingerprint density at radius 1 is 1.07 bits per heavy atom. The molecule has 0 amide bonds. The molecule has 29 heavy (non-hydrogen) atoms. The zero-order valence-corrected chi connectivity index (χ0v) is 16.6. The third kappa shape index (κ3) is 3.42. The number of carbonyl (C=O) groups is 1. The van der Waals surface area contributed by atoms with Gasteiger partial charge in [0.2, 0.25) is 0 Å². The minimum absolute atomic E-state index is 0.240. The Morgan fingerprint density at radius 3 is 2.31 bits per heavy atom. The number of hydrogen-bond acceptors (Lipinski definition) is 4. The number of rotatable bonds is 4. The van der Waals surface area contributed by atoms with E-state index in [1.54, 1.807) is 6.92 Å². The number of H-pyrrole nitrogens is 1. The average molecular weight is 389 g/mol. The van der Waals surface area contributed by atoms with E-state index in [1.165, 1.54) is 4.68 Å². The van der Waals surface area contributed by atoms with Gasteiger partial charge in [-0.05, 0) is 31.9 Å². The number of benzene rings is 2. The summed E-state index contributed by atoms with van der Waals surface area (Å²) in [6, 6.07) is 19.3. The Bertz CT molecular complexity index is 1110. The van der Waals surface area contributed by atoms with Crippen molar-refractivity contribution in [1.29, 1.82) is 0 Å². The lowest BCUT2D eigenvalue weighted by molar-refractivity contribution is -0.150. The van der Waals surface area contributed by atoms with E-state index in [0.717, 1.165) is 11.1 Å². The van der Waals surface area contributed by atoms with E-state index in [4.69, 9.17) is 4.74 Å². The van der Waals surface area contributed by atoms with Crippen LogP contribution in [0.15, 0.2) is 70.6 Å². The normalized spacial score (nSPS) is 18.3. The lowest BCUT2D eigenvalue weighted by Gasteiger charge is -2.31. The van der Waals surface area contributed by atoms with Crippen LogP contribution in [0.2, 0.25) is 0 Å². The van der Waals surface area contributed by atoms with Crippen molar-refractivity contribution >= 4 is 11.7 Å². The number of imidazole rings is 1. The summed E-state index contributed by atoms with van der Waals surface area (Å²) in [5, 5.41) is 4.47. The van der Waals surface area contributed by atoms with Crippen molar-refractivity contribution in [3.8, 4) is 11.3 Å². The van der Waals surface area contributed by atoms with E-state index < -0.39 is 11.8 Å². The van der Waals surface area contributed by atoms with Crippen LogP contribution in [0, 0.1) is 5.92 Å². The molecule has 6 heteroatoms. The molecule has 148 valence electrons. The highest BCUT2D eigenvalue weighted by Gasteiger charge is 2.42. The van der Waals surface area contributed by atoms with Gasteiger partial charge in [-0.3, -0.25) is 4.79 Å². The van der Waals surface area contributed by atoms with Gasteiger partial charge in [-0.2, -0.15) is 9.78 Å². The number of nitrogens with one attached hydrogen (secondary N) is 1. The molecule has 0 spiro atoms. The summed E-state index contributed by atoms with van der Waals surface area (Å²) in [5.74, 6) is -1.35. The van der Waals surface area contributed by atoms with Crippen molar-refractivity contribution in [2.24, 2.45) is 11.0 Å². The van der Waals surface area contributed by atoms with E-state index in [2.05, 4.69) is 10.1 Å². The van der Waals surface area contributed by atoms with Crippen molar-refractivity contribution in [3.63, 3.8) is 0 Å². The number of esters is 1. The Morgan fingerprint density at radius 2 is 1.69 bits per heavy atom. The number of nitrogens with zero attached hydrogens (tertiary/aromatic N) is 2. The van der Waals surface area contributed by atoms with Gasteiger partial charge >= 0.3 is 11.7 Å². The second-order valence-electron chi connectivity index (χ2n) is 7.46. The fourth-order valence-electron chi connectivity index (χ4n) is 3.89. The maximum absolute atomic E-state index is 13.1. The predicted molar refractivity (Wildman–Crippen MR) is 112 cm³/mol. The SMILES string of the molecule is CC1=Nn2c(c(-c3ccccc3)[nH]c2=O)C(c2ccccc2)C1C(=O)OC(C)C. The lowest BCUT2D eigenvalue weighted by Crippen LogP contribution is -2.38. The maximum atomic E-state index is 13.1. The van der Waals surface area contributed by atoms with E-state index in [1.807, 2.05) is 74.5 Å². The summed E-state index contributed by atoms with van der Waals surface area (Å²) >= 11 is 0. The van der Waals surface area contributed by atoms with Gasteiger partial charge in [-0.15, -0.1) is 0 Å². The zero-order valence-electron chi connectivity index (χ0n) is 16.6. The monoisotopic (exact) mass is 389 g/mol. The first-order chi connectivity index (χ1) is 14.0. The molecule has 4 rings (SSSR count). The largest absolute Gasteiger partial charge is 0.462 e. The van der Waals surface area contributed by atoms with E-state index >= 15 is 0 Å². The summed E-state index contributed by atoms with van der Waals surface area (Å²) in [4.78, 5) is 28.7. The molecule has 0 fully saturated rings. The van der Waals surface area contributed by atoms with Crippen molar-refractivity contribution < 1.29 is 9.53 Å². The van der Waals surface area contributed by atoms with Gasteiger partial charge in [-0.1, -0.05) is 60.7 Å². The Labute approximate surface area is 168 Å². The molecule has 2 heterocycles. The molecule has 1 aliphatic heterocycles. The molecule has 1 aromatic heterocycles. The average Bonchev–Trinajstić information content (AvgIpc) is 3.04. The third-order valence-electron chi connectivity index (χ3n) is 5.07. The first-order valence-corrected chi connectivity index (χ1v) is 9.68. The first-order valence-electron chi connectivity index (χ1n) is 9.68. The second-order valence-corrected chi connectivity index (χ2v) is 7.46. The molecule has 0 radical (unpaired) electrons. The van der Waals surface area contributed by atoms with Crippen molar-refractivity contribution in [1.82, 2.24) is 9.66 Å². The molecule has 2 unspecified atom stereocenters. The van der Waals surface area contributed by atoms with Gasteiger partial charge < -0.3 is 9.72 Å². The first kappa shape index (κ1) is 18.9. The van der Waals surface area contributed by atoms with E-state index in [-0.39, 0.29) is 17.8 Å². The van der Waals surface area contributed by atoms with Crippen LogP contribution >= 0.6 is 0 Å². The molecule has 0 saturated heterocycles. The molecule has 3 aromatic rings. The van der Waals surface area contributed by atoms with Gasteiger partial charge in [0.05, 0.1) is 23.2 Å². The van der Waals surface area contributed by atoms with Crippen molar-refractivity contribution in [2.45, 2.75) is 32.8 Å². The molecule has 0 bridgehead atoms. The molecule has 2 aromatic carbocycles. The van der Waals surface area contributed by atoms with Gasteiger partial charge in [-0.25, -0.2) is 4.79 Å². The molecule has 2 atom stereocenters. The second kappa shape index (κ2) is 7.54. The molecule has 0 aliphatic carbocycles. The highest BCUT2D eigenvalue weighted by atomic mass is 16.5. The van der Waals surface area contributed by atoms with Crippen LogP contribution in [0.5, 0.6) is 0 Å². The zero-order chi connectivity index (χ0) is 20.5.